The van der Waals surface area contributed by atoms with Crippen LogP contribution >= 0.6 is 11.3 Å². The van der Waals surface area contributed by atoms with Gasteiger partial charge in [-0.2, -0.15) is 0 Å². The number of carbonyl (C=O) groups excluding carboxylic acids is 3. The number of amides is 4. The quantitative estimate of drug-likeness (QED) is 0.225. The first-order valence-electron chi connectivity index (χ1n) is 18.2. The Bertz CT molecular complexity index is 1380. The maximum Gasteiger partial charge on any atom is 0.318 e. The highest BCUT2D eigenvalue weighted by Gasteiger charge is 2.42. The first-order chi connectivity index (χ1) is 23.1. The van der Waals surface area contributed by atoms with Crippen molar-refractivity contribution in [2.75, 3.05) is 20.1 Å². The molecule has 2 heterocycles. The summed E-state index contributed by atoms with van der Waals surface area (Å²) in [5, 5.41) is 22.2. The number of nitrogens with zero attached hydrogens (tertiary/aromatic N) is 3. The molecule has 1 aromatic heterocycles. The van der Waals surface area contributed by atoms with Crippen LogP contribution in [0.15, 0.2) is 36.5 Å². The van der Waals surface area contributed by atoms with Gasteiger partial charge in [0, 0.05) is 42.7 Å². The zero-order chi connectivity index (χ0) is 35.9. The van der Waals surface area contributed by atoms with Crippen LogP contribution in [0.2, 0.25) is 0 Å². The molecule has 11 heteroatoms. The van der Waals surface area contributed by atoms with E-state index >= 15 is 0 Å². The molecule has 49 heavy (non-hydrogen) atoms. The van der Waals surface area contributed by atoms with Crippen LogP contribution in [0.3, 0.4) is 0 Å². The van der Waals surface area contributed by atoms with Crippen LogP contribution in [-0.4, -0.2) is 87.6 Å². The predicted octanol–water partition coefficient (Wildman–Crippen LogP) is 5.32. The van der Waals surface area contributed by atoms with Crippen molar-refractivity contribution < 1.29 is 19.5 Å². The van der Waals surface area contributed by atoms with Crippen LogP contribution in [0.5, 0.6) is 0 Å². The number of carbonyl (C=O) groups is 3. The standard InChI is InChI=1S/C38H60N6O4S/c1-24(2)33(41-37(48)43(8)22-29-20-39-36(49-29)25(3)4)35(47)40-30(18-26-14-10-9-11-15-26)32(45)23-44-21-28-17-13-12-16-27(28)19-31(44)34(46)42-38(5,6)7/h9-11,14-15,20,24-25,27-28,30-33,45H,12-13,16-19,21-23H2,1-8H3,(H,40,47)(H,41,48)(H,42,46)/t27-,28+,30-,31-,32+,33-/m0/s1. The van der Waals surface area contributed by atoms with Crippen molar-refractivity contribution in [1.82, 2.24) is 30.7 Å². The van der Waals surface area contributed by atoms with E-state index in [1.165, 1.54) is 12.8 Å². The Morgan fingerprint density at radius 2 is 1.71 bits per heavy atom. The minimum atomic E-state index is -0.943. The molecule has 272 valence electrons. The lowest BCUT2D eigenvalue weighted by Crippen LogP contribution is -2.61. The summed E-state index contributed by atoms with van der Waals surface area (Å²) in [6, 6.07) is 7.68. The monoisotopic (exact) mass is 696 g/mol. The Balaban J connectivity index is 1.49. The van der Waals surface area contributed by atoms with E-state index in [0.717, 1.165) is 41.3 Å². The summed E-state index contributed by atoms with van der Waals surface area (Å²) in [6.45, 7) is 15.4. The molecule has 2 aromatic rings. The summed E-state index contributed by atoms with van der Waals surface area (Å²) in [5.74, 6) is 0.790. The van der Waals surface area contributed by atoms with Crippen molar-refractivity contribution in [2.24, 2.45) is 17.8 Å². The normalized spacial score (nSPS) is 21.8. The van der Waals surface area contributed by atoms with Crippen molar-refractivity contribution in [1.29, 1.82) is 0 Å². The molecule has 4 amide bonds. The number of benzene rings is 1. The number of urea groups is 1. The second kappa shape index (κ2) is 17.3. The highest BCUT2D eigenvalue weighted by Crippen LogP contribution is 2.39. The predicted molar refractivity (Wildman–Crippen MR) is 196 cm³/mol. The van der Waals surface area contributed by atoms with Crippen LogP contribution in [0, 0.1) is 17.8 Å². The molecule has 1 aliphatic heterocycles. The van der Waals surface area contributed by atoms with Gasteiger partial charge in [-0.3, -0.25) is 14.5 Å². The highest BCUT2D eigenvalue weighted by atomic mass is 32.1. The van der Waals surface area contributed by atoms with Crippen LogP contribution in [0.25, 0.3) is 0 Å². The number of hydrogen-bond donors (Lipinski definition) is 4. The van der Waals surface area contributed by atoms with Crippen molar-refractivity contribution in [3.63, 3.8) is 0 Å². The fourth-order valence-corrected chi connectivity index (χ4v) is 8.14. The number of likely N-dealkylation sites (tertiary alicyclic amines) is 1. The van der Waals surface area contributed by atoms with Gasteiger partial charge in [-0.15, -0.1) is 11.3 Å². The molecule has 4 rings (SSSR count). The minimum Gasteiger partial charge on any atom is -0.390 e. The third kappa shape index (κ3) is 11.2. The number of aliphatic hydroxyl groups is 1. The van der Waals surface area contributed by atoms with Gasteiger partial charge in [0.15, 0.2) is 0 Å². The topological polar surface area (TPSA) is 127 Å². The van der Waals surface area contributed by atoms with Gasteiger partial charge < -0.3 is 26.0 Å². The van der Waals surface area contributed by atoms with Gasteiger partial charge in [0.25, 0.3) is 0 Å². The van der Waals surface area contributed by atoms with Crippen LogP contribution in [-0.2, 0) is 22.6 Å². The lowest BCUT2D eigenvalue weighted by atomic mass is 9.72. The first kappa shape index (κ1) is 38.8. The zero-order valence-electron chi connectivity index (χ0n) is 30.9. The molecule has 0 spiro atoms. The van der Waals surface area contributed by atoms with E-state index in [1.54, 1.807) is 29.5 Å². The van der Waals surface area contributed by atoms with E-state index in [1.807, 2.05) is 65.0 Å². The maximum atomic E-state index is 14.0. The average Bonchev–Trinajstić information content (AvgIpc) is 3.51. The van der Waals surface area contributed by atoms with E-state index in [0.29, 0.717) is 30.7 Å². The Morgan fingerprint density at radius 3 is 2.33 bits per heavy atom. The number of aliphatic hydroxyl groups excluding tert-OH is 1. The summed E-state index contributed by atoms with van der Waals surface area (Å²) in [6.07, 6.45) is 6.75. The summed E-state index contributed by atoms with van der Waals surface area (Å²) in [4.78, 5) is 50.1. The largest absolute Gasteiger partial charge is 0.390 e. The summed E-state index contributed by atoms with van der Waals surface area (Å²) in [5.41, 5.74) is 0.617. The van der Waals surface area contributed by atoms with Gasteiger partial charge in [-0.1, -0.05) is 77.3 Å². The lowest BCUT2D eigenvalue weighted by Gasteiger charge is -2.47. The number of hydrogen-bond acceptors (Lipinski definition) is 7. The first-order valence-corrected chi connectivity index (χ1v) is 19.0. The fourth-order valence-electron chi connectivity index (χ4n) is 7.16. The number of β-amino-alcohol motifs (C(OH)–C–C–N with tert-alkyl or cyclic N) is 1. The third-order valence-corrected chi connectivity index (χ3v) is 11.1. The SMILES string of the molecule is CC(C)c1ncc(CN(C)C(=O)N[C@H](C(=O)N[C@@H](Cc2ccccc2)[C@H](O)CN2C[C@H]3CCCC[C@H]3C[C@H]2C(=O)NC(C)(C)C)C(C)C)s1. The molecule has 1 saturated carbocycles. The molecule has 10 nitrogen and oxygen atoms in total. The second-order valence-electron chi connectivity index (χ2n) is 16.0. The number of fused-ring (bicyclic) bond motifs is 1. The highest BCUT2D eigenvalue weighted by molar-refractivity contribution is 7.11. The van der Waals surface area contributed by atoms with Crippen LogP contribution < -0.4 is 16.0 Å². The molecule has 1 aliphatic carbocycles. The van der Waals surface area contributed by atoms with E-state index < -0.39 is 18.2 Å². The molecule has 0 unspecified atom stereocenters. The van der Waals surface area contributed by atoms with Gasteiger partial charge in [-0.25, -0.2) is 9.78 Å². The molecule has 1 saturated heterocycles. The summed E-state index contributed by atoms with van der Waals surface area (Å²) >= 11 is 1.59. The van der Waals surface area contributed by atoms with Gasteiger partial charge >= 0.3 is 6.03 Å². The van der Waals surface area contributed by atoms with E-state index in [-0.39, 0.29) is 41.9 Å². The Kier molecular flexibility index (Phi) is 13.7. The third-order valence-electron chi connectivity index (χ3n) is 9.85. The number of thiazole rings is 1. The molecule has 0 radical (unpaired) electrons. The van der Waals surface area contributed by atoms with Crippen molar-refractivity contribution >= 4 is 29.2 Å². The van der Waals surface area contributed by atoms with E-state index in [9.17, 15) is 19.5 Å². The molecular formula is C38H60N6O4S. The molecule has 6 atom stereocenters. The van der Waals surface area contributed by atoms with Crippen molar-refractivity contribution in [2.45, 2.75) is 129 Å². The average molecular weight is 697 g/mol. The minimum absolute atomic E-state index is 0.00201. The van der Waals surface area contributed by atoms with E-state index in [4.69, 9.17) is 0 Å². The Labute approximate surface area is 297 Å². The Hall–Kier alpha value is -3.02. The lowest BCUT2D eigenvalue weighted by molar-refractivity contribution is -0.133. The molecule has 2 fully saturated rings. The molecule has 1 aromatic carbocycles. The van der Waals surface area contributed by atoms with Crippen LogP contribution in [0.1, 0.15) is 102 Å². The number of rotatable bonds is 13. The summed E-state index contributed by atoms with van der Waals surface area (Å²) < 4.78 is 0. The van der Waals surface area contributed by atoms with Gasteiger partial charge in [-0.05, 0) is 63.4 Å². The van der Waals surface area contributed by atoms with Crippen molar-refractivity contribution in [3.05, 3.63) is 52.0 Å². The van der Waals surface area contributed by atoms with Gasteiger partial charge in [0.2, 0.25) is 11.8 Å². The fraction of sp³-hybridized carbons (Fsp3) is 0.684. The maximum absolute atomic E-state index is 14.0. The molecular weight excluding hydrogens is 637 g/mol. The molecule has 4 N–H and O–H groups in total. The molecule has 0 bridgehead atoms. The van der Waals surface area contributed by atoms with Gasteiger partial charge in [0.05, 0.1) is 29.7 Å². The zero-order valence-corrected chi connectivity index (χ0v) is 31.7. The number of aromatic nitrogens is 1. The smallest absolute Gasteiger partial charge is 0.318 e. The number of nitrogens with one attached hydrogen (secondary N) is 3. The Morgan fingerprint density at radius 1 is 1.04 bits per heavy atom. The van der Waals surface area contributed by atoms with Crippen LogP contribution in [0.4, 0.5) is 4.79 Å². The van der Waals surface area contributed by atoms with E-state index in [2.05, 4.69) is 39.7 Å². The number of piperidine rings is 1. The summed E-state index contributed by atoms with van der Waals surface area (Å²) in [7, 11) is 1.71. The van der Waals surface area contributed by atoms with Gasteiger partial charge in [0.1, 0.15) is 6.04 Å². The molecule has 2 aliphatic rings. The second-order valence-corrected chi connectivity index (χ2v) is 17.1. The van der Waals surface area contributed by atoms with Crippen molar-refractivity contribution in [3.8, 4) is 0 Å².